The van der Waals surface area contributed by atoms with E-state index in [1.165, 1.54) is 0 Å². The second-order valence-electron chi connectivity index (χ2n) is 5.91. The first-order valence-corrected chi connectivity index (χ1v) is 7.72. The van der Waals surface area contributed by atoms with Crippen LogP contribution < -0.4 is 11.1 Å². The number of furan rings is 1. The van der Waals surface area contributed by atoms with E-state index in [2.05, 4.69) is 5.32 Å². The lowest BCUT2D eigenvalue weighted by Crippen LogP contribution is -2.32. The average molecular weight is 286 g/mol. The van der Waals surface area contributed by atoms with E-state index in [9.17, 15) is 4.79 Å². The van der Waals surface area contributed by atoms with Gasteiger partial charge < -0.3 is 15.5 Å². The molecular formula is C17H22N2O2. The highest BCUT2D eigenvalue weighted by atomic mass is 16.3. The molecule has 21 heavy (non-hydrogen) atoms. The smallest absolute Gasteiger partial charge is 0.220 e. The largest absolute Gasteiger partial charge is 0.461 e. The molecule has 4 heteroatoms. The van der Waals surface area contributed by atoms with Gasteiger partial charge in [-0.1, -0.05) is 24.6 Å². The molecule has 1 amide bonds. The van der Waals surface area contributed by atoms with E-state index in [-0.39, 0.29) is 11.9 Å². The molecule has 1 aliphatic rings. The van der Waals surface area contributed by atoms with E-state index in [4.69, 9.17) is 10.2 Å². The Morgan fingerprint density at radius 3 is 2.95 bits per heavy atom. The fourth-order valence-corrected chi connectivity index (χ4v) is 3.11. The minimum Gasteiger partial charge on any atom is -0.461 e. The molecule has 2 aromatic rings. The van der Waals surface area contributed by atoms with Crippen LogP contribution in [0.1, 0.15) is 31.4 Å². The zero-order chi connectivity index (χ0) is 14.7. The summed E-state index contributed by atoms with van der Waals surface area (Å²) in [5.74, 6) is 1.37. The summed E-state index contributed by atoms with van der Waals surface area (Å²) in [7, 11) is 0. The van der Waals surface area contributed by atoms with Crippen LogP contribution >= 0.6 is 0 Å². The van der Waals surface area contributed by atoms with Gasteiger partial charge in [0.1, 0.15) is 11.3 Å². The van der Waals surface area contributed by atoms with Crippen molar-refractivity contribution in [1.29, 1.82) is 0 Å². The Morgan fingerprint density at radius 2 is 2.19 bits per heavy atom. The van der Waals surface area contributed by atoms with Crippen molar-refractivity contribution in [2.24, 2.45) is 11.7 Å². The maximum Gasteiger partial charge on any atom is 0.220 e. The molecule has 1 aromatic carbocycles. The molecule has 1 fully saturated rings. The van der Waals surface area contributed by atoms with Crippen LogP contribution in [0.25, 0.3) is 11.0 Å². The molecule has 1 aliphatic carbocycles. The van der Waals surface area contributed by atoms with Crippen LogP contribution in [0.2, 0.25) is 0 Å². The van der Waals surface area contributed by atoms with Crippen LogP contribution in [0, 0.1) is 5.92 Å². The Hall–Kier alpha value is -1.81. The highest BCUT2D eigenvalue weighted by molar-refractivity contribution is 5.78. The van der Waals surface area contributed by atoms with Crippen LogP contribution in [-0.4, -0.2) is 18.5 Å². The Labute approximate surface area is 124 Å². The summed E-state index contributed by atoms with van der Waals surface area (Å²) in [6.45, 7) is 0.612. The molecule has 112 valence electrons. The van der Waals surface area contributed by atoms with Crippen LogP contribution in [0.4, 0.5) is 0 Å². The number of rotatable bonds is 5. The van der Waals surface area contributed by atoms with Crippen molar-refractivity contribution >= 4 is 16.9 Å². The zero-order valence-corrected chi connectivity index (χ0v) is 12.2. The van der Waals surface area contributed by atoms with Gasteiger partial charge in [0, 0.05) is 30.8 Å². The van der Waals surface area contributed by atoms with Gasteiger partial charge in [-0.15, -0.1) is 0 Å². The fraction of sp³-hybridized carbons (Fsp3) is 0.471. The molecule has 0 saturated heterocycles. The topological polar surface area (TPSA) is 68.3 Å². The number of para-hydroxylation sites is 1. The van der Waals surface area contributed by atoms with Gasteiger partial charge in [-0.05, 0) is 30.9 Å². The first-order chi connectivity index (χ1) is 10.2. The number of hydrogen-bond acceptors (Lipinski definition) is 3. The predicted molar refractivity (Wildman–Crippen MR) is 82.9 cm³/mol. The maximum atomic E-state index is 11.9. The van der Waals surface area contributed by atoms with Gasteiger partial charge in [0.25, 0.3) is 0 Å². The van der Waals surface area contributed by atoms with Crippen molar-refractivity contribution in [1.82, 2.24) is 5.32 Å². The summed E-state index contributed by atoms with van der Waals surface area (Å²) in [4.78, 5) is 11.9. The third kappa shape index (κ3) is 3.45. The summed E-state index contributed by atoms with van der Waals surface area (Å²) < 4.78 is 5.73. The second kappa shape index (κ2) is 6.31. The van der Waals surface area contributed by atoms with Crippen molar-refractivity contribution in [3.8, 4) is 0 Å². The number of carbonyl (C=O) groups excluding carboxylic acids is 1. The van der Waals surface area contributed by atoms with Crippen molar-refractivity contribution < 1.29 is 9.21 Å². The van der Waals surface area contributed by atoms with Crippen molar-refractivity contribution in [2.75, 3.05) is 6.54 Å². The van der Waals surface area contributed by atoms with Crippen molar-refractivity contribution in [3.05, 3.63) is 36.1 Å². The van der Waals surface area contributed by atoms with E-state index in [1.807, 2.05) is 30.3 Å². The molecule has 0 bridgehead atoms. The van der Waals surface area contributed by atoms with Crippen LogP contribution in [0.5, 0.6) is 0 Å². The van der Waals surface area contributed by atoms with Crippen molar-refractivity contribution in [2.45, 2.75) is 38.1 Å². The summed E-state index contributed by atoms with van der Waals surface area (Å²) in [6, 6.07) is 10.2. The maximum absolute atomic E-state index is 11.9. The number of amides is 1. The Morgan fingerprint density at radius 1 is 1.33 bits per heavy atom. The van der Waals surface area contributed by atoms with Crippen LogP contribution in [0.3, 0.4) is 0 Å². The normalized spacial score (nSPS) is 21.8. The lowest BCUT2D eigenvalue weighted by atomic mass is 10.00. The van der Waals surface area contributed by atoms with Crippen LogP contribution in [-0.2, 0) is 11.2 Å². The van der Waals surface area contributed by atoms with E-state index in [0.29, 0.717) is 18.9 Å². The van der Waals surface area contributed by atoms with E-state index in [0.717, 1.165) is 42.4 Å². The van der Waals surface area contributed by atoms with E-state index >= 15 is 0 Å². The number of nitrogens with one attached hydrogen (secondary N) is 1. The van der Waals surface area contributed by atoms with E-state index < -0.39 is 0 Å². The van der Waals surface area contributed by atoms with E-state index in [1.54, 1.807) is 0 Å². The van der Waals surface area contributed by atoms with Crippen LogP contribution in [0.15, 0.2) is 34.7 Å². The standard InChI is InChI=1S/C17H22N2O2/c18-15-6-3-5-12(15)11-17(20)19-9-8-14-10-13-4-1-2-7-16(13)21-14/h1-2,4,7,10,12,15H,3,5-6,8-9,11,18H2,(H,19,20)/t12-,15+/m0/s1. The summed E-state index contributed by atoms with van der Waals surface area (Å²) >= 11 is 0. The monoisotopic (exact) mass is 286 g/mol. The molecule has 0 unspecified atom stereocenters. The van der Waals surface area contributed by atoms with Gasteiger partial charge in [-0.2, -0.15) is 0 Å². The fourth-order valence-electron chi connectivity index (χ4n) is 3.11. The first-order valence-electron chi connectivity index (χ1n) is 7.72. The number of fused-ring (bicyclic) bond motifs is 1. The minimum absolute atomic E-state index is 0.105. The highest BCUT2D eigenvalue weighted by Gasteiger charge is 2.25. The molecule has 0 radical (unpaired) electrons. The van der Waals surface area contributed by atoms with Crippen molar-refractivity contribution in [3.63, 3.8) is 0 Å². The van der Waals surface area contributed by atoms with Gasteiger partial charge >= 0.3 is 0 Å². The van der Waals surface area contributed by atoms with Gasteiger partial charge in [0.2, 0.25) is 5.91 Å². The highest BCUT2D eigenvalue weighted by Crippen LogP contribution is 2.26. The lowest BCUT2D eigenvalue weighted by molar-refractivity contribution is -0.122. The Bertz CT molecular complexity index is 587. The molecule has 0 aliphatic heterocycles. The van der Waals surface area contributed by atoms with Gasteiger partial charge in [-0.3, -0.25) is 4.79 Å². The van der Waals surface area contributed by atoms with Gasteiger partial charge in [0.05, 0.1) is 0 Å². The van der Waals surface area contributed by atoms with Gasteiger partial charge in [-0.25, -0.2) is 0 Å². The molecule has 1 aromatic heterocycles. The molecule has 3 rings (SSSR count). The molecule has 1 saturated carbocycles. The quantitative estimate of drug-likeness (QED) is 0.887. The molecule has 4 nitrogen and oxygen atoms in total. The minimum atomic E-state index is 0.105. The lowest BCUT2D eigenvalue weighted by Gasteiger charge is -2.14. The zero-order valence-electron chi connectivity index (χ0n) is 12.2. The molecule has 2 atom stereocenters. The average Bonchev–Trinajstić information content (AvgIpc) is 3.05. The number of carbonyl (C=O) groups is 1. The van der Waals surface area contributed by atoms with Gasteiger partial charge in [0.15, 0.2) is 0 Å². The second-order valence-corrected chi connectivity index (χ2v) is 5.91. The third-order valence-electron chi connectivity index (χ3n) is 4.34. The molecule has 0 spiro atoms. The number of nitrogens with two attached hydrogens (primary N) is 1. The third-order valence-corrected chi connectivity index (χ3v) is 4.34. The number of hydrogen-bond donors (Lipinski definition) is 2. The summed E-state index contributed by atoms with van der Waals surface area (Å²) in [5.41, 5.74) is 6.89. The molecule has 3 N–H and O–H groups in total. The summed E-state index contributed by atoms with van der Waals surface area (Å²) in [6.07, 6.45) is 4.56. The molecular weight excluding hydrogens is 264 g/mol. The predicted octanol–water partition coefficient (Wildman–Crippen LogP) is 2.61. The first kappa shape index (κ1) is 14.1. The SMILES string of the molecule is N[C@@H]1CCC[C@H]1CC(=O)NCCc1cc2ccccc2o1. The summed E-state index contributed by atoms with van der Waals surface area (Å²) in [5, 5.41) is 4.08. The molecule has 1 heterocycles. The Balaban J connectivity index is 1.46. The Kier molecular flexibility index (Phi) is 4.25. The number of benzene rings is 1.